The summed E-state index contributed by atoms with van der Waals surface area (Å²) in [6.07, 6.45) is 3.62. The molecule has 3 heterocycles. The molecule has 0 fully saturated rings. The zero-order valence-electron chi connectivity index (χ0n) is 8.37. The van der Waals surface area contributed by atoms with Crippen molar-refractivity contribution in [2.24, 2.45) is 7.05 Å². The third kappa shape index (κ3) is 1.35. The highest BCUT2D eigenvalue weighted by atomic mass is 35.5. The lowest BCUT2D eigenvalue weighted by molar-refractivity contribution is 0.768. The first-order chi connectivity index (χ1) is 7.74. The van der Waals surface area contributed by atoms with Crippen molar-refractivity contribution < 1.29 is 0 Å². The Morgan fingerprint density at radius 2 is 2.12 bits per heavy atom. The molecule has 3 rings (SSSR count). The first kappa shape index (κ1) is 9.29. The Morgan fingerprint density at radius 3 is 2.88 bits per heavy atom. The van der Waals surface area contributed by atoms with Crippen LogP contribution in [0, 0.1) is 0 Å². The Balaban J connectivity index is 2.21. The first-order valence-electron chi connectivity index (χ1n) is 4.61. The second kappa shape index (κ2) is 3.28. The highest BCUT2D eigenvalue weighted by Crippen LogP contribution is 2.17. The van der Waals surface area contributed by atoms with Crippen LogP contribution < -0.4 is 0 Å². The number of rotatable bonds is 1. The molecule has 0 spiro atoms. The molecular weight excluding hydrogens is 228 g/mol. The maximum absolute atomic E-state index is 5.84. The summed E-state index contributed by atoms with van der Waals surface area (Å²) in [7, 11) is 1.85. The zero-order valence-corrected chi connectivity index (χ0v) is 9.13. The van der Waals surface area contributed by atoms with Crippen LogP contribution in [0.1, 0.15) is 0 Å². The van der Waals surface area contributed by atoms with Gasteiger partial charge in [-0.1, -0.05) is 0 Å². The Morgan fingerprint density at radius 1 is 1.25 bits per heavy atom. The van der Waals surface area contributed by atoms with Crippen LogP contribution in [0.5, 0.6) is 0 Å². The van der Waals surface area contributed by atoms with Crippen LogP contribution in [-0.4, -0.2) is 29.6 Å². The van der Waals surface area contributed by atoms with Gasteiger partial charge >= 0.3 is 0 Å². The Hall–Kier alpha value is -1.95. The summed E-state index contributed by atoms with van der Waals surface area (Å²) >= 11 is 5.84. The monoisotopic (exact) mass is 234 g/mol. The van der Waals surface area contributed by atoms with Crippen LogP contribution in [-0.2, 0) is 7.05 Å². The van der Waals surface area contributed by atoms with E-state index in [0.29, 0.717) is 5.65 Å². The van der Waals surface area contributed by atoms with Crippen LogP contribution >= 0.6 is 11.6 Å². The van der Waals surface area contributed by atoms with Gasteiger partial charge in [-0.05, 0) is 23.7 Å². The molecule has 0 aromatic carbocycles. The van der Waals surface area contributed by atoms with Gasteiger partial charge < -0.3 is 0 Å². The van der Waals surface area contributed by atoms with E-state index >= 15 is 0 Å². The molecule has 0 saturated heterocycles. The predicted octanol–water partition coefficient (Wildman–Crippen LogP) is 1.18. The van der Waals surface area contributed by atoms with Gasteiger partial charge in [0.05, 0.1) is 11.9 Å². The minimum atomic E-state index is 0.251. The molecular formula is C9H7ClN6. The van der Waals surface area contributed by atoms with Crippen molar-refractivity contribution in [1.82, 2.24) is 29.6 Å². The van der Waals surface area contributed by atoms with Gasteiger partial charge in [0.15, 0.2) is 5.65 Å². The second-order valence-corrected chi connectivity index (χ2v) is 3.70. The third-order valence-corrected chi connectivity index (χ3v) is 2.46. The fourth-order valence-corrected chi connectivity index (χ4v) is 1.63. The molecule has 3 aromatic rings. The predicted molar refractivity (Wildman–Crippen MR) is 58.0 cm³/mol. The van der Waals surface area contributed by atoms with Gasteiger partial charge in [0.1, 0.15) is 0 Å². The minimum absolute atomic E-state index is 0.251. The van der Waals surface area contributed by atoms with E-state index in [1.165, 1.54) is 4.52 Å². The van der Waals surface area contributed by atoms with Gasteiger partial charge in [-0.15, -0.1) is 10.2 Å². The maximum Gasteiger partial charge on any atom is 0.246 e. The quantitative estimate of drug-likeness (QED) is 0.634. The van der Waals surface area contributed by atoms with E-state index in [2.05, 4.69) is 20.4 Å². The molecule has 0 radical (unpaired) electrons. The van der Waals surface area contributed by atoms with Crippen molar-refractivity contribution in [3.63, 3.8) is 0 Å². The average molecular weight is 235 g/mol. The molecule has 0 N–H and O–H groups in total. The summed E-state index contributed by atoms with van der Waals surface area (Å²) in [5.41, 5.74) is 2.33. The van der Waals surface area contributed by atoms with Crippen LogP contribution in [0.2, 0.25) is 5.28 Å². The molecule has 16 heavy (non-hydrogen) atoms. The summed E-state index contributed by atoms with van der Waals surface area (Å²) in [5, 5.41) is 16.2. The number of aryl methyl sites for hydroxylation is 1. The molecule has 0 aliphatic rings. The summed E-state index contributed by atoms with van der Waals surface area (Å²) in [6.45, 7) is 0. The number of hydrogen-bond donors (Lipinski definition) is 0. The second-order valence-electron chi connectivity index (χ2n) is 3.36. The van der Waals surface area contributed by atoms with Gasteiger partial charge in [-0.25, -0.2) is 0 Å². The molecule has 7 heteroatoms. The lowest BCUT2D eigenvalue weighted by Gasteiger charge is -1.97. The lowest BCUT2D eigenvalue weighted by Crippen LogP contribution is -1.93. The van der Waals surface area contributed by atoms with Crippen LogP contribution in [0.25, 0.3) is 16.9 Å². The SMILES string of the molecule is Cn1cc(-c2ccc3nnc(Cl)n3n2)cn1. The molecule has 0 saturated carbocycles. The van der Waals surface area contributed by atoms with Gasteiger partial charge in [0.2, 0.25) is 5.28 Å². The third-order valence-electron chi connectivity index (χ3n) is 2.23. The molecule has 0 amide bonds. The largest absolute Gasteiger partial charge is 0.275 e. The standard InChI is InChI=1S/C9H7ClN6/c1-15-5-6(4-11-15)7-2-3-8-12-13-9(10)16(8)14-7/h2-5H,1H3. The Labute approximate surface area is 95.5 Å². The van der Waals surface area contributed by atoms with Gasteiger partial charge in [0, 0.05) is 18.8 Å². The minimum Gasteiger partial charge on any atom is -0.275 e. The van der Waals surface area contributed by atoms with Crippen molar-refractivity contribution in [2.45, 2.75) is 0 Å². The Kier molecular flexibility index (Phi) is 1.90. The summed E-state index contributed by atoms with van der Waals surface area (Å²) < 4.78 is 3.21. The number of nitrogens with zero attached hydrogens (tertiary/aromatic N) is 6. The van der Waals surface area contributed by atoms with Gasteiger partial charge in [-0.2, -0.15) is 14.7 Å². The van der Waals surface area contributed by atoms with E-state index in [0.717, 1.165) is 11.3 Å². The number of hydrogen-bond acceptors (Lipinski definition) is 4. The molecule has 0 aliphatic heterocycles. The normalized spacial score (nSPS) is 11.1. The van der Waals surface area contributed by atoms with Crippen LogP contribution in [0.4, 0.5) is 0 Å². The zero-order chi connectivity index (χ0) is 11.1. The fraction of sp³-hybridized carbons (Fsp3) is 0.111. The van der Waals surface area contributed by atoms with Crippen molar-refractivity contribution in [1.29, 1.82) is 0 Å². The molecule has 0 atom stereocenters. The highest BCUT2D eigenvalue weighted by Gasteiger charge is 2.07. The van der Waals surface area contributed by atoms with Crippen molar-refractivity contribution in [3.8, 4) is 11.3 Å². The molecule has 0 unspecified atom stereocenters. The van der Waals surface area contributed by atoms with Gasteiger partial charge in [-0.3, -0.25) is 4.68 Å². The van der Waals surface area contributed by atoms with E-state index in [4.69, 9.17) is 11.6 Å². The first-order valence-corrected chi connectivity index (χ1v) is 4.99. The summed E-state index contributed by atoms with van der Waals surface area (Å²) in [6, 6.07) is 3.67. The highest BCUT2D eigenvalue weighted by molar-refractivity contribution is 6.28. The maximum atomic E-state index is 5.84. The van der Waals surface area contributed by atoms with Crippen molar-refractivity contribution >= 4 is 17.2 Å². The molecule has 0 aliphatic carbocycles. The number of aromatic nitrogens is 6. The number of fused-ring (bicyclic) bond motifs is 1. The van der Waals surface area contributed by atoms with Crippen LogP contribution in [0.3, 0.4) is 0 Å². The molecule has 0 bridgehead atoms. The van der Waals surface area contributed by atoms with E-state index in [1.54, 1.807) is 10.9 Å². The molecule has 6 nitrogen and oxygen atoms in total. The summed E-state index contributed by atoms with van der Waals surface area (Å²) in [4.78, 5) is 0. The molecule has 80 valence electrons. The average Bonchev–Trinajstić information content (AvgIpc) is 2.86. The topological polar surface area (TPSA) is 60.9 Å². The Bertz CT molecular complexity index is 655. The van der Waals surface area contributed by atoms with Crippen molar-refractivity contribution in [2.75, 3.05) is 0 Å². The van der Waals surface area contributed by atoms with E-state index in [-0.39, 0.29) is 5.28 Å². The lowest BCUT2D eigenvalue weighted by atomic mass is 10.2. The van der Waals surface area contributed by atoms with Crippen LogP contribution in [0.15, 0.2) is 24.5 Å². The van der Waals surface area contributed by atoms with Crippen molar-refractivity contribution in [3.05, 3.63) is 29.8 Å². The number of halogens is 1. The van der Waals surface area contributed by atoms with E-state index in [1.807, 2.05) is 25.4 Å². The smallest absolute Gasteiger partial charge is 0.246 e. The van der Waals surface area contributed by atoms with E-state index < -0.39 is 0 Å². The van der Waals surface area contributed by atoms with E-state index in [9.17, 15) is 0 Å². The van der Waals surface area contributed by atoms with Gasteiger partial charge in [0.25, 0.3) is 0 Å². The summed E-state index contributed by atoms with van der Waals surface area (Å²) in [5.74, 6) is 0. The fourth-order valence-electron chi connectivity index (χ4n) is 1.47. The molecule has 3 aromatic heterocycles.